The number of para-hydroxylation sites is 3. The van der Waals surface area contributed by atoms with Gasteiger partial charge in [-0.2, -0.15) is 0 Å². The van der Waals surface area contributed by atoms with Crippen LogP contribution in [0.2, 0.25) is 0 Å². The Labute approximate surface area is 182 Å². The third kappa shape index (κ3) is 6.48. The molecule has 31 heavy (non-hydrogen) atoms. The van der Waals surface area contributed by atoms with Gasteiger partial charge in [0.25, 0.3) is 10.0 Å². The van der Waals surface area contributed by atoms with E-state index in [1.165, 1.54) is 24.3 Å². The molecule has 0 aliphatic carbocycles. The topological polar surface area (TPSA) is 96.5 Å². The van der Waals surface area contributed by atoms with Crippen molar-refractivity contribution in [2.45, 2.75) is 18.7 Å². The summed E-state index contributed by atoms with van der Waals surface area (Å²) in [4.78, 5) is 11.9. The normalized spacial score (nSPS) is 11.1. The molecule has 0 heterocycles. The van der Waals surface area contributed by atoms with Gasteiger partial charge in [-0.15, -0.1) is 0 Å². The average Bonchev–Trinajstić information content (AvgIpc) is 2.75. The standard InChI is InChI=1S/C23H25N3O4S/c1-17(2)16-24-23(27)25-18-12-14-20(15-13-18)31(28,29)26-21-10-6-7-11-22(21)30-19-8-4-3-5-9-19/h3-15,17,26H,16H2,1-2H3,(H2,24,25,27). The van der Waals surface area contributed by atoms with Crippen LogP contribution in [0, 0.1) is 5.92 Å². The SMILES string of the molecule is CC(C)CNC(=O)Nc1ccc(S(=O)(=O)Nc2ccccc2Oc2ccccc2)cc1. The molecule has 3 aromatic carbocycles. The first-order valence-electron chi connectivity index (χ1n) is 9.83. The monoisotopic (exact) mass is 439 g/mol. The van der Waals surface area contributed by atoms with Crippen LogP contribution in [0.3, 0.4) is 0 Å². The van der Waals surface area contributed by atoms with Gasteiger partial charge in [0.15, 0.2) is 5.75 Å². The van der Waals surface area contributed by atoms with E-state index in [9.17, 15) is 13.2 Å². The number of carbonyl (C=O) groups is 1. The van der Waals surface area contributed by atoms with E-state index >= 15 is 0 Å². The Kier molecular flexibility index (Phi) is 7.15. The summed E-state index contributed by atoms with van der Waals surface area (Å²) in [5.74, 6) is 1.32. The zero-order chi connectivity index (χ0) is 22.3. The molecule has 8 heteroatoms. The second-order valence-corrected chi connectivity index (χ2v) is 8.95. The van der Waals surface area contributed by atoms with Crippen molar-refractivity contribution < 1.29 is 17.9 Å². The molecule has 0 spiro atoms. The minimum Gasteiger partial charge on any atom is -0.455 e. The van der Waals surface area contributed by atoms with Crippen LogP contribution in [0.25, 0.3) is 0 Å². The molecule has 162 valence electrons. The zero-order valence-corrected chi connectivity index (χ0v) is 18.1. The third-order valence-corrected chi connectivity index (χ3v) is 5.58. The number of hydrogen-bond donors (Lipinski definition) is 3. The number of amides is 2. The molecule has 0 saturated carbocycles. The van der Waals surface area contributed by atoms with Crippen molar-refractivity contribution in [3.8, 4) is 11.5 Å². The molecule has 0 aromatic heterocycles. The molecule has 0 bridgehead atoms. The fourth-order valence-corrected chi connectivity index (χ4v) is 3.72. The van der Waals surface area contributed by atoms with E-state index in [1.54, 1.807) is 36.4 Å². The fraction of sp³-hybridized carbons (Fsp3) is 0.174. The van der Waals surface area contributed by atoms with Crippen molar-refractivity contribution in [2.24, 2.45) is 5.92 Å². The predicted octanol–water partition coefficient (Wildman–Crippen LogP) is 5.06. The maximum absolute atomic E-state index is 12.9. The smallest absolute Gasteiger partial charge is 0.319 e. The Morgan fingerprint density at radius 2 is 1.55 bits per heavy atom. The lowest BCUT2D eigenvalue weighted by atomic mass is 10.2. The molecule has 3 N–H and O–H groups in total. The second kappa shape index (κ2) is 9.99. The molecule has 3 rings (SSSR count). The van der Waals surface area contributed by atoms with Gasteiger partial charge in [0, 0.05) is 12.2 Å². The summed E-state index contributed by atoms with van der Waals surface area (Å²) >= 11 is 0. The molecule has 0 aliphatic rings. The number of benzene rings is 3. The first-order chi connectivity index (χ1) is 14.8. The number of anilines is 2. The van der Waals surface area contributed by atoms with Crippen molar-refractivity contribution in [3.05, 3.63) is 78.9 Å². The first-order valence-corrected chi connectivity index (χ1v) is 11.3. The lowest BCUT2D eigenvalue weighted by molar-refractivity contribution is 0.251. The second-order valence-electron chi connectivity index (χ2n) is 7.27. The van der Waals surface area contributed by atoms with Gasteiger partial charge in [-0.3, -0.25) is 4.72 Å². The zero-order valence-electron chi connectivity index (χ0n) is 17.3. The number of carbonyl (C=O) groups excluding carboxylic acids is 1. The third-order valence-electron chi connectivity index (χ3n) is 4.20. The van der Waals surface area contributed by atoms with Gasteiger partial charge in [-0.1, -0.05) is 44.2 Å². The number of sulfonamides is 1. The lowest BCUT2D eigenvalue weighted by Crippen LogP contribution is -2.31. The van der Waals surface area contributed by atoms with Crippen LogP contribution < -0.4 is 20.1 Å². The minimum absolute atomic E-state index is 0.0650. The molecule has 2 amide bonds. The van der Waals surface area contributed by atoms with E-state index < -0.39 is 10.0 Å². The molecule has 0 aliphatic heterocycles. The summed E-state index contributed by atoms with van der Waals surface area (Å²) < 4.78 is 34.1. The molecule has 0 unspecified atom stereocenters. The number of nitrogens with one attached hydrogen (secondary N) is 3. The van der Waals surface area contributed by atoms with Crippen LogP contribution in [0.15, 0.2) is 83.8 Å². The number of hydrogen-bond acceptors (Lipinski definition) is 4. The van der Waals surface area contributed by atoms with Gasteiger partial charge in [0.2, 0.25) is 0 Å². The molecular weight excluding hydrogens is 414 g/mol. The highest BCUT2D eigenvalue weighted by atomic mass is 32.2. The summed E-state index contributed by atoms with van der Waals surface area (Å²) in [6.07, 6.45) is 0. The van der Waals surface area contributed by atoms with Gasteiger partial charge in [-0.05, 0) is 54.4 Å². The Bertz CT molecular complexity index is 1120. The van der Waals surface area contributed by atoms with E-state index in [1.807, 2.05) is 32.0 Å². The number of rotatable bonds is 8. The maximum atomic E-state index is 12.9. The van der Waals surface area contributed by atoms with E-state index in [4.69, 9.17) is 4.74 Å². The van der Waals surface area contributed by atoms with Crippen LogP contribution in [-0.4, -0.2) is 21.0 Å². The quantitative estimate of drug-likeness (QED) is 0.457. The van der Waals surface area contributed by atoms with Gasteiger partial charge < -0.3 is 15.4 Å². The van der Waals surface area contributed by atoms with Crippen molar-refractivity contribution in [3.63, 3.8) is 0 Å². The minimum atomic E-state index is -3.85. The van der Waals surface area contributed by atoms with Crippen molar-refractivity contribution >= 4 is 27.4 Å². The van der Waals surface area contributed by atoms with E-state index in [-0.39, 0.29) is 10.9 Å². The Balaban J connectivity index is 1.71. The summed E-state index contributed by atoms with van der Waals surface area (Å²) in [5.41, 5.74) is 0.814. The molecule has 0 fully saturated rings. The van der Waals surface area contributed by atoms with E-state index in [0.717, 1.165) is 0 Å². The maximum Gasteiger partial charge on any atom is 0.319 e. The van der Waals surface area contributed by atoms with Gasteiger partial charge in [-0.25, -0.2) is 13.2 Å². The van der Waals surface area contributed by atoms with Gasteiger partial charge in [0.1, 0.15) is 5.75 Å². The van der Waals surface area contributed by atoms with Crippen molar-refractivity contribution in [1.29, 1.82) is 0 Å². The van der Waals surface area contributed by atoms with Crippen LogP contribution >= 0.6 is 0 Å². The molecule has 7 nitrogen and oxygen atoms in total. The highest BCUT2D eigenvalue weighted by molar-refractivity contribution is 7.92. The molecular formula is C23H25N3O4S. The van der Waals surface area contributed by atoms with Gasteiger partial charge in [0.05, 0.1) is 10.6 Å². The Hall–Kier alpha value is -3.52. The number of ether oxygens (including phenoxy) is 1. The van der Waals surface area contributed by atoms with Crippen LogP contribution in [0.1, 0.15) is 13.8 Å². The number of urea groups is 1. The molecule has 0 radical (unpaired) electrons. The Morgan fingerprint density at radius 1 is 0.903 bits per heavy atom. The van der Waals surface area contributed by atoms with Crippen LogP contribution in [0.5, 0.6) is 11.5 Å². The highest BCUT2D eigenvalue weighted by Crippen LogP contribution is 2.31. The molecule has 0 atom stereocenters. The average molecular weight is 440 g/mol. The van der Waals surface area contributed by atoms with Crippen molar-refractivity contribution in [1.82, 2.24) is 5.32 Å². The summed E-state index contributed by atoms with van der Waals surface area (Å²) in [6.45, 7) is 4.54. The summed E-state index contributed by atoms with van der Waals surface area (Å²) in [6, 6.07) is 21.5. The summed E-state index contributed by atoms with van der Waals surface area (Å²) in [7, 11) is -3.85. The van der Waals surface area contributed by atoms with Gasteiger partial charge >= 0.3 is 6.03 Å². The highest BCUT2D eigenvalue weighted by Gasteiger charge is 2.17. The first kappa shape index (κ1) is 22.2. The largest absolute Gasteiger partial charge is 0.455 e. The molecule has 3 aromatic rings. The van der Waals surface area contributed by atoms with Crippen LogP contribution in [-0.2, 0) is 10.0 Å². The Morgan fingerprint density at radius 3 is 2.23 bits per heavy atom. The van der Waals surface area contributed by atoms with E-state index in [2.05, 4.69) is 15.4 Å². The predicted molar refractivity (Wildman–Crippen MR) is 122 cm³/mol. The molecule has 0 saturated heterocycles. The van der Waals surface area contributed by atoms with E-state index in [0.29, 0.717) is 35.3 Å². The van der Waals surface area contributed by atoms with Crippen molar-refractivity contribution in [2.75, 3.05) is 16.6 Å². The fourth-order valence-electron chi connectivity index (χ4n) is 2.65. The van der Waals surface area contributed by atoms with Crippen LogP contribution in [0.4, 0.5) is 16.2 Å². The summed E-state index contributed by atoms with van der Waals surface area (Å²) in [5, 5.41) is 5.42. The lowest BCUT2D eigenvalue weighted by Gasteiger charge is -2.14.